The molecule has 0 atom stereocenters. The topological polar surface area (TPSA) is 70.0 Å². The van der Waals surface area contributed by atoms with Crippen LogP contribution in [0.3, 0.4) is 0 Å². The minimum absolute atomic E-state index is 0.138. The Morgan fingerprint density at radius 3 is 2.72 bits per heavy atom. The zero-order valence-electron chi connectivity index (χ0n) is 14.1. The maximum absolute atomic E-state index is 11.1. The second kappa shape index (κ2) is 6.73. The van der Waals surface area contributed by atoms with Crippen LogP contribution in [0.4, 0.5) is 5.69 Å². The Balaban J connectivity index is 1.91. The lowest BCUT2D eigenvalue weighted by Crippen LogP contribution is -2.15. The molecule has 0 fully saturated rings. The average molecular weight is 337 g/mol. The third-order valence-electron chi connectivity index (χ3n) is 4.13. The summed E-state index contributed by atoms with van der Waals surface area (Å²) in [5, 5.41) is 18.7. The molecule has 0 aliphatic carbocycles. The van der Waals surface area contributed by atoms with E-state index in [2.05, 4.69) is 11.8 Å². The largest absolute Gasteiger partial charge is 0.507 e. The Labute approximate surface area is 146 Å². The first-order valence-corrected chi connectivity index (χ1v) is 7.97. The van der Waals surface area contributed by atoms with Gasteiger partial charge in [0.15, 0.2) is 0 Å². The zero-order chi connectivity index (χ0) is 18.0. The lowest BCUT2D eigenvalue weighted by atomic mass is 10.1. The molecule has 1 aliphatic heterocycles. The Hall–Kier alpha value is -3.21. The van der Waals surface area contributed by atoms with Crippen molar-refractivity contribution in [2.45, 2.75) is 6.92 Å². The molecule has 25 heavy (non-hydrogen) atoms. The van der Waals surface area contributed by atoms with Crippen molar-refractivity contribution in [3.63, 3.8) is 0 Å². The molecule has 0 saturated heterocycles. The summed E-state index contributed by atoms with van der Waals surface area (Å²) in [6.07, 6.45) is 5.53. The maximum Gasteiger partial charge on any atom is 0.339 e. The lowest BCUT2D eigenvalue weighted by Gasteiger charge is -2.21. The van der Waals surface area contributed by atoms with Gasteiger partial charge in [0.2, 0.25) is 0 Å². The Kier molecular flexibility index (Phi) is 4.48. The number of phenols is 1. The van der Waals surface area contributed by atoms with Crippen molar-refractivity contribution in [2.24, 2.45) is 0 Å². The molecule has 0 aromatic heterocycles. The van der Waals surface area contributed by atoms with E-state index >= 15 is 0 Å². The van der Waals surface area contributed by atoms with E-state index in [1.165, 1.54) is 12.1 Å². The van der Waals surface area contributed by atoms with Crippen molar-refractivity contribution in [2.75, 3.05) is 18.5 Å². The highest BCUT2D eigenvalue weighted by molar-refractivity contribution is 5.91. The second-order valence-electron chi connectivity index (χ2n) is 5.80. The molecule has 5 nitrogen and oxygen atoms in total. The van der Waals surface area contributed by atoms with E-state index in [1.807, 2.05) is 37.4 Å². The van der Waals surface area contributed by atoms with Crippen LogP contribution in [0.2, 0.25) is 0 Å². The van der Waals surface area contributed by atoms with Gasteiger partial charge in [0.1, 0.15) is 22.8 Å². The highest BCUT2D eigenvalue weighted by atomic mass is 16.5. The van der Waals surface area contributed by atoms with E-state index in [0.29, 0.717) is 11.3 Å². The number of fused-ring (bicyclic) bond motifs is 1. The number of ether oxygens (including phenoxy) is 1. The molecule has 2 aromatic rings. The van der Waals surface area contributed by atoms with Gasteiger partial charge in [-0.05, 0) is 55.0 Å². The quantitative estimate of drug-likeness (QED) is 0.883. The summed E-state index contributed by atoms with van der Waals surface area (Å²) in [4.78, 5) is 13.2. The molecular formula is C20H19NO4. The summed E-state index contributed by atoms with van der Waals surface area (Å²) in [6.45, 7) is 2.97. The van der Waals surface area contributed by atoms with E-state index in [1.54, 1.807) is 12.1 Å². The van der Waals surface area contributed by atoms with Crippen LogP contribution in [0, 0.1) is 0 Å². The smallest absolute Gasteiger partial charge is 0.339 e. The monoisotopic (exact) mass is 337 g/mol. The van der Waals surface area contributed by atoms with Gasteiger partial charge in [-0.2, -0.15) is 0 Å². The molecule has 1 aliphatic rings. The standard InChI is InChI=1S/C20H19NO4/c1-3-21(2)15-7-5-14-6-8-16(25-19(14)12-15)10-13-4-9-18(22)17(11-13)20(23)24/h4-12,22H,3H2,1-2H3,(H,23,24)/b16-10+. The van der Waals surface area contributed by atoms with Crippen LogP contribution >= 0.6 is 0 Å². The Bertz CT molecular complexity index is 883. The molecule has 3 rings (SSSR count). The van der Waals surface area contributed by atoms with E-state index < -0.39 is 5.97 Å². The number of aromatic carboxylic acids is 1. The zero-order valence-corrected chi connectivity index (χ0v) is 14.1. The van der Waals surface area contributed by atoms with Crippen LogP contribution in [-0.4, -0.2) is 29.8 Å². The van der Waals surface area contributed by atoms with E-state index in [0.717, 1.165) is 23.5 Å². The van der Waals surface area contributed by atoms with Crippen molar-refractivity contribution in [1.29, 1.82) is 0 Å². The summed E-state index contributed by atoms with van der Waals surface area (Å²) < 4.78 is 5.94. The van der Waals surface area contributed by atoms with Crippen LogP contribution < -0.4 is 9.64 Å². The molecule has 1 heterocycles. The summed E-state index contributed by atoms with van der Waals surface area (Å²) >= 11 is 0. The minimum atomic E-state index is -1.17. The predicted molar refractivity (Wildman–Crippen MR) is 98.1 cm³/mol. The fourth-order valence-corrected chi connectivity index (χ4v) is 2.56. The number of rotatable bonds is 4. The van der Waals surface area contributed by atoms with Gasteiger partial charge in [0, 0.05) is 30.9 Å². The number of anilines is 1. The third kappa shape index (κ3) is 3.50. The Morgan fingerprint density at radius 1 is 1.20 bits per heavy atom. The van der Waals surface area contributed by atoms with Gasteiger partial charge in [0.05, 0.1) is 0 Å². The van der Waals surface area contributed by atoms with Gasteiger partial charge in [-0.3, -0.25) is 0 Å². The third-order valence-corrected chi connectivity index (χ3v) is 4.13. The number of aromatic hydroxyl groups is 1. The number of benzene rings is 2. The van der Waals surface area contributed by atoms with Gasteiger partial charge in [-0.15, -0.1) is 0 Å². The molecule has 2 N–H and O–H groups in total. The van der Waals surface area contributed by atoms with Gasteiger partial charge in [0.25, 0.3) is 0 Å². The maximum atomic E-state index is 11.1. The summed E-state index contributed by atoms with van der Waals surface area (Å²) in [5.41, 5.74) is 2.55. The van der Waals surface area contributed by atoms with Crippen molar-refractivity contribution < 1.29 is 19.7 Å². The number of allylic oxidation sites excluding steroid dienone is 1. The molecule has 0 amide bonds. The van der Waals surface area contributed by atoms with E-state index in [4.69, 9.17) is 9.84 Å². The van der Waals surface area contributed by atoms with Crippen LogP contribution in [-0.2, 0) is 0 Å². The molecule has 0 saturated carbocycles. The summed E-state index contributed by atoms with van der Waals surface area (Å²) in [7, 11) is 2.01. The van der Waals surface area contributed by atoms with Gasteiger partial charge in [-0.1, -0.05) is 6.07 Å². The van der Waals surface area contributed by atoms with Crippen molar-refractivity contribution >= 4 is 23.8 Å². The first kappa shape index (κ1) is 16.6. The van der Waals surface area contributed by atoms with E-state index in [-0.39, 0.29) is 11.3 Å². The minimum Gasteiger partial charge on any atom is -0.507 e. The Morgan fingerprint density at radius 2 is 2.00 bits per heavy atom. The first-order valence-electron chi connectivity index (χ1n) is 7.97. The van der Waals surface area contributed by atoms with E-state index in [9.17, 15) is 9.90 Å². The molecule has 0 spiro atoms. The molecule has 0 unspecified atom stereocenters. The molecule has 0 radical (unpaired) electrons. The number of carboxylic acids is 1. The van der Waals surface area contributed by atoms with Crippen molar-refractivity contribution in [3.05, 3.63) is 64.9 Å². The first-order chi connectivity index (χ1) is 12.0. The molecule has 5 heteroatoms. The fraction of sp³-hybridized carbons (Fsp3) is 0.150. The molecular weight excluding hydrogens is 318 g/mol. The predicted octanol–water partition coefficient (Wildman–Crippen LogP) is 3.99. The molecule has 2 aromatic carbocycles. The second-order valence-corrected chi connectivity index (χ2v) is 5.80. The number of carbonyl (C=O) groups is 1. The fourth-order valence-electron chi connectivity index (χ4n) is 2.56. The number of hydrogen-bond acceptors (Lipinski definition) is 4. The van der Waals surface area contributed by atoms with Gasteiger partial charge >= 0.3 is 5.97 Å². The SMILES string of the molecule is CCN(C)c1ccc2c(c1)O/C(=C/c1ccc(O)c(C(=O)O)c1)C=C2. The van der Waals surface area contributed by atoms with Crippen molar-refractivity contribution in [1.82, 2.24) is 0 Å². The summed E-state index contributed by atoms with van der Waals surface area (Å²) in [5.74, 6) is -0.0718. The average Bonchev–Trinajstić information content (AvgIpc) is 2.61. The van der Waals surface area contributed by atoms with Crippen LogP contribution in [0.1, 0.15) is 28.4 Å². The normalized spacial score (nSPS) is 14.1. The van der Waals surface area contributed by atoms with Gasteiger partial charge in [-0.25, -0.2) is 4.79 Å². The summed E-state index contributed by atoms with van der Waals surface area (Å²) in [6, 6.07) is 10.5. The lowest BCUT2D eigenvalue weighted by molar-refractivity contribution is 0.0693. The van der Waals surface area contributed by atoms with Crippen LogP contribution in [0.5, 0.6) is 11.5 Å². The number of nitrogens with zero attached hydrogens (tertiary/aromatic N) is 1. The molecule has 128 valence electrons. The van der Waals surface area contributed by atoms with Crippen LogP contribution in [0.15, 0.2) is 48.2 Å². The number of hydrogen-bond donors (Lipinski definition) is 2. The number of carboxylic acid groups (broad SMARTS) is 1. The van der Waals surface area contributed by atoms with Gasteiger partial charge < -0.3 is 19.8 Å². The highest BCUT2D eigenvalue weighted by Gasteiger charge is 2.13. The molecule has 0 bridgehead atoms. The van der Waals surface area contributed by atoms with Crippen LogP contribution in [0.25, 0.3) is 12.2 Å². The highest BCUT2D eigenvalue weighted by Crippen LogP contribution is 2.32. The van der Waals surface area contributed by atoms with Crippen molar-refractivity contribution in [3.8, 4) is 11.5 Å².